The zero-order valence-electron chi connectivity index (χ0n) is 6.00. The molecule has 1 aromatic carbocycles. The molecule has 0 aliphatic carbocycles. The van der Waals surface area contributed by atoms with Gasteiger partial charge in [0.05, 0.1) is 0 Å². The first-order valence-corrected chi connectivity index (χ1v) is 5.03. The third kappa shape index (κ3) is 2.11. The van der Waals surface area contributed by atoms with E-state index in [1.807, 2.05) is 19.1 Å². The number of benzene rings is 1. The number of alkyl halides is 1. The molecule has 0 amide bonds. The molecule has 0 unspecified atom stereocenters. The zero-order chi connectivity index (χ0) is 8.43. The Bertz CT molecular complexity index is 271. The molecule has 0 heterocycles. The second-order valence-corrected chi connectivity index (χ2v) is 3.70. The lowest BCUT2D eigenvalue weighted by Gasteiger charge is -2.03. The molecular weight excluding hydrogens is 247 g/mol. The highest BCUT2D eigenvalue weighted by Gasteiger charge is 2.02. The molecule has 0 fully saturated rings. The first-order chi connectivity index (χ1) is 5.15. The summed E-state index contributed by atoms with van der Waals surface area (Å²) in [5.74, 6) is 0. The number of hydrogen-bond donors (Lipinski definition) is 0. The summed E-state index contributed by atoms with van der Waals surface area (Å²) < 4.78 is 0. The van der Waals surface area contributed by atoms with Gasteiger partial charge in [-0.2, -0.15) is 0 Å². The third-order valence-electron chi connectivity index (χ3n) is 1.47. The van der Waals surface area contributed by atoms with E-state index in [0.29, 0.717) is 0 Å². The van der Waals surface area contributed by atoms with Gasteiger partial charge in [-0.15, -0.1) is 0 Å². The van der Waals surface area contributed by atoms with Gasteiger partial charge in [-0.1, -0.05) is 39.1 Å². The molecule has 0 aliphatic heterocycles. The predicted molar refractivity (Wildman–Crippen MR) is 53.8 cm³/mol. The monoisotopic (exact) mass is 252 g/mol. The SMILES string of the molecule is Cc1cc(Cl)c(CBr)cc1Cl. The van der Waals surface area contributed by atoms with Crippen molar-refractivity contribution in [3.05, 3.63) is 33.3 Å². The molecule has 3 heteroatoms. The fourth-order valence-electron chi connectivity index (χ4n) is 0.790. The van der Waals surface area contributed by atoms with Gasteiger partial charge in [0.2, 0.25) is 0 Å². The smallest absolute Gasteiger partial charge is 0.0450 e. The summed E-state index contributed by atoms with van der Waals surface area (Å²) in [4.78, 5) is 0. The lowest BCUT2D eigenvalue weighted by atomic mass is 10.2. The van der Waals surface area contributed by atoms with Crippen molar-refractivity contribution in [2.45, 2.75) is 12.3 Å². The van der Waals surface area contributed by atoms with Crippen molar-refractivity contribution in [1.82, 2.24) is 0 Å². The third-order valence-corrected chi connectivity index (χ3v) is 2.83. The number of aryl methyl sites for hydroxylation is 1. The standard InChI is InChI=1S/C8H7BrCl2/c1-5-2-8(11)6(4-9)3-7(5)10/h2-3H,4H2,1H3. The van der Waals surface area contributed by atoms with Crippen LogP contribution in [-0.4, -0.2) is 0 Å². The molecule has 0 spiro atoms. The van der Waals surface area contributed by atoms with Gasteiger partial charge in [-0.05, 0) is 30.2 Å². The minimum Gasteiger partial charge on any atom is -0.0876 e. The van der Waals surface area contributed by atoms with Crippen LogP contribution in [0.5, 0.6) is 0 Å². The van der Waals surface area contributed by atoms with Crippen molar-refractivity contribution < 1.29 is 0 Å². The number of halogens is 3. The zero-order valence-corrected chi connectivity index (χ0v) is 9.09. The minimum atomic E-state index is 0.742. The van der Waals surface area contributed by atoms with Crippen LogP contribution in [0.25, 0.3) is 0 Å². The Labute approximate surface area is 84.6 Å². The average Bonchev–Trinajstić information content (AvgIpc) is 1.97. The van der Waals surface area contributed by atoms with Crippen molar-refractivity contribution in [2.75, 3.05) is 0 Å². The van der Waals surface area contributed by atoms with Crippen LogP contribution in [0, 0.1) is 6.92 Å². The van der Waals surface area contributed by atoms with Gasteiger partial charge in [0.1, 0.15) is 0 Å². The summed E-state index contributed by atoms with van der Waals surface area (Å²) in [6.45, 7) is 1.94. The van der Waals surface area contributed by atoms with Crippen LogP contribution in [0.1, 0.15) is 11.1 Å². The highest BCUT2D eigenvalue weighted by atomic mass is 79.9. The molecule has 0 N–H and O–H groups in total. The van der Waals surface area contributed by atoms with Crippen LogP contribution in [0.4, 0.5) is 0 Å². The molecule has 0 atom stereocenters. The maximum Gasteiger partial charge on any atom is 0.0450 e. The molecule has 0 aromatic heterocycles. The van der Waals surface area contributed by atoms with Crippen molar-refractivity contribution in [1.29, 1.82) is 0 Å². The van der Waals surface area contributed by atoms with Gasteiger partial charge in [-0.25, -0.2) is 0 Å². The predicted octanol–water partition coefficient (Wildman–Crippen LogP) is 4.20. The van der Waals surface area contributed by atoms with Crippen LogP contribution >= 0.6 is 39.1 Å². The molecule has 0 aliphatic rings. The summed E-state index contributed by atoms with van der Waals surface area (Å²) >= 11 is 15.1. The lowest BCUT2D eigenvalue weighted by Crippen LogP contribution is -1.82. The minimum absolute atomic E-state index is 0.742. The van der Waals surface area contributed by atoms with Gasteiger partial charge in [-0.3, -0.25) is 0 Å². The number of hydrogen-bond acceptors (Lipinski definition) is 0. The lowest BCUT2D eigenvalue weighted by molar-refractivity contribution is 1.38. The maximum absolute atomic E-state index is 5.91. The van der Waals surface area contributed by atoms with E-state index >= 15 is 0 Å². The first-order valence-electron chi connectivity index (χ1n) is 3.15. The Morgan fingerprint density at radius 2 is 1.91 bits per heavy atom. The van der Waals surface area contributed by atoms with E-state index in [9.17, 15) is 0 Å². The molecule has 0 bridgehead atoms. The van der Waals surface area contributed by atoms with E-state index < -0.39 is 0 Å². The topological polar surface area (TPSA) is 0 Å². The molecule has 60 valence electrons. The summed E-state index contributed by atoms with van der Waals surface area (Å²) in [6, 6.07) is 3.76. The Hall–Kier alpha value is 0.280. The molecule has 0 radical (unpaired) electrons. The fourth-order valence-corrected chi connectivity index (χ4v) is 1.89. The van der Waals surface area contributed by atoms with E-state index in [-0.39, 0.29) is 0 Å². The van der Waals surface area contributed by atoms with Crippen molar-refractivity contribution in [2.24, 2.45) is 0 Å². The summed E-state index contributed by atoms with van der Waals surface area (Å²) in [5, 5.41) is 2.28. The van der Waals surface area contributed by atoms with Crippen molar-refractivity contribution >= 4 is 39.1 Å². The Balaban J connectivity index is 3.21. The van der Waals surface area contributed by atoms with Gasteiger partial charge in [0.25, 0.3) is 0 Å². The summed E-state index contributed by atoms with van der Waals surface area (Å²) in [7, 11) is 0. The van der Waals surface area contributed by atoms with E-state index in [0.717, 1.165) is 26.5 Å². The van der Waals surface area contributed by atoms with Gasteiger partial charge in [0.15, 0.2) is 0 Å². The molecular formula is C8H7BrCl2. The van der Waals surface area contributed by atoms with Crippen molar-refractivity contribution in [3.8, 4) is 0 Å². The molecule has 1 aromatic rings. The number of rotatable bonds is 1. The second-order valence-electron chi connectivity index (χ2n) is 2.33. The van der Waals surface area contributed by atoms with Gasteiger partial charge in [0, 0.05) is 15.4 Å². The Morgan fingerprint density at radius 3 is 2.45 bits per heavy atom. The quantitative estimate of drug-likeness (QED) is 0.659. The van der Waals surface area contributed by atoms with Crippen molar-refractivity contribution in [3.63, 3.8) is 0 Å². The van der Waals surface area contributed by atoms with E-state index in [4.69, 9.17) is 23.2 Å². The van der Waals surface area contributed by atoms with Crippen LogP contribution in [0.2, 0.25) is 10.0 Å². The Kier molecular flexibility index (Phi) is 3.23. The fraction of sp³-hybridized carbons (Fsp3) is 0.250. The van der Waals surface area contributed by atoms with E-state index in [1.165, 1.54) is 0 Å². The molecule has 0 saturated carbocycles. The summed E-state index contributed by atoms with van der Waals surface area (Å²) in [5.41, 5.74) is 2.05. The largest absolute Gasteiger partial charge is 0.0876 e. The normalized spacial score (nSPS) is 10.2. The molecule has 0 nitrogen and oxygen atoms in total. The van der Waals surface area contributed by atoms with E-state index in [1.54, 1.807) is 0 Å². The van der Waals surface area contributed by atoms with Crippen LogP contribution in [0.3, 0.4) is 0 Å². The van der Waals surface area contributed by atoms with Gasteiger partial charge < -0.3 is 0 Å². The first kappa shape index (κ1) is 9.37. The second kappa shape index (κ2) is 3.79. The molecule has 0 saturated heterocycles. The highest BCUT2D eigenvalue weighted by Crippen LogP contribution is 2.25. The Morgan fingerprint density at radius 1 is 1.27 bits per heavy atom. The van der Waals surface area contributed by atoms with Gasteiger partial charge >= 0.3 is 0 Å². The summed E-state index contributed by atoms with van der Waals surface area (Å²) in [6.07, 6.45) is 0. The van der Waals surface area contributed by atoms with E-state index in [2.05, 4.69) is 15.9 Å². The maximum atomic E-state index is 5.91. The van der Waals surface area contributed by atoms with Crippen LogP contribution in [0.15, 0.2) is 12.1 Å². The van der Waals surface area contributed by atoms with Crippen LogP contribution < -0.4 is 0 Å². The highest BCUT2D eigenvalue weighted by molar-refractivity contribution is 9.08. The molecule has 1 rings (SSSR count). The average molecular weight is 254 g/mol. The van der Waals surface area contributed by atoms with Crippen LogP contribution in [-0.2, 0) is 5.33 Å². The molecule has 11 heavy (non-hydrogen) atoms.